The van der Waals surface area contributed by atoms with Crippen LogP contribution in [0.4, 0.5) is 0 Å². The minimum Gasteiger partial charge on any atom is -0.380 e. The van der Waals surface area contributed by atoms with E-state index in [1.165, 1.54) is 51.7 Å². The molecule has 2 rings (SSSR count). The summed E-state index contributed by atoms with van der Waals surface area (Å²) in [5.74, 6) is 1.64. The summed E-state index contributed by atoms with van der Waals surface area (Å²) in [5, 5.41) is 3.56. The summed E-state index contributed by atoms with van der Waals surface area (Å²) in [4.78, 5) is 2.69. The Balaban J connectivity index is 1.64. The van der Waals surface area contributed by atoms with Crippen LogP contribution in [0, 0.1) is 11.8 Å². The molecule has 2 fully saturated rings. The fourth-order valence-corrected chi connectivity index (χ4v) is 3.47. The maximum Gasteiger partial charge on any atom is 0.0593 e. The van der Waals surface area contributed by atoms with Gasteiger partial charge in [0.2, 0.25) is 0 Å². The lowest BCUT2D eigenvalue weighted by Crippen LogP contribution is -2.44. The van der Waals surface area contributed by atoms with E-state index >= 15 is 0 Å². The Morgan fingerprint density at radius 3 is 2.84 bits per heavy atom. The highest BCUT2D eigenvalue weighted by atomic mass is 16.5. The van der Waals surface area contributed by atoms with Crippen LogP contribution in [0.2, 0.25) is 0 Å². The molecule has 2 heterocycles. The molecule has 0 bridgehead atoms. The van der Waals surface area contributed by atoms with Gasteiger partial charge in [-0.05, 0) is 63.6 Å². The van der Waals surface area contributed by atoms with Gasteiger partial charge >= 0.3 is 0 Å². The molecule has 3 nitrogen and oxygen atoms in total. The van der Waals surface area contributed by atoms with E-state index in [0.29, 0.717) is 0 Å². The first-order valence-electron chi connectivity index (χ1n) is 8.30. The van der Waals surface area contributed by atoms with Gasteiger partial charge < -0.3 is 10.1 Å². The van der Waals surface area contributed by atoms with Gasteiger partial charge in [-0.15, -0.1) is 0 Å². The molecule has 0 aliphatic carbocycles. The van der Waals surface area contributed by atoms with E-state index in [1.54, 1.807) is 0 Å². The highest BCUT2D eigenvalue weighted by molar-refractivity contribution is 4.87. The molecule has 112 valence electrons. The Morgan fingerprint density at radius 2 is 2.11 bits per heavy atom. The second-order valence-corrected chi connectivity index (χ2v) is 6.65. The van der Waals surface area contributed by atoms with Crippen molar-refractivity contribution in [3.8, 4) is 0 Å². The standard InChI is InChI=1S/C16H32N2O/c1-14(2)7-11-19-12-10-18-9-4-6-16(18)15-5-3-8-17-13-15/h14-17H,3-13H2,1-2H3. The second kappa shape index (κ2) is 8.23. The van der Waals surface area contributed by atoms with Gasteiger partial charge in [0, 0.05) is 19.2 Å². The molecular formula is C16H32N2O. The Labute approximate surface area is 119 Å². The predicted molar refractivity (Wildman–Crippen MR) is 80.5 cm³/mol. The largest absolute Gasteiger partial charge is 0.380 e. The van der Waals surface area contributed by atoms with E-state index in [0.717, 1.165) is 37.6 Å². The number of piperidine rings is 1. The number of ether oxygens (including phenoxy) is 1. The summed E-state index contributed by atoms with van der Waals surface area (Å²) in [6, 6.07) is 0.821. The van der Waals surface area contributed by atoms with Crippen molar-refractivity contribution in [3.05, 3.63) is 0 Å². The quantitative estimate of drug-likeness (QED) is 0.718. The Morgan fingerprint density at radius 1 is 1.21 bits per heavy atom. The molecule has 2 unspecified atom stereocenters. The molecule has 19 heavy (non-hydrogen) atoms. The average molecular weight is 268 g/mol. The molecule has 0 aromatic carbocycles. The first-order chi connectivity index (χ1) is 9.27. The van der Waals surface area contributed by atoms with Gasteiger partial charge in [0.25, 0.3) is 0 Å². The number of hydrogen-bond donors (Lipinski definition) is 1. The van der Waals surface area contributed by atoms with E-state index in [-0.39, 0.29) is 0 Å². The van der Waals surface area contributed by atoms with Crippen LogP contribution in [0.3, 0.4) is 0 Å². The van der Waals surface area contributed by atoms with Gasteiger partial charge in [-0.1, -0.05) is 13.8 Å². The van der Waals surface area contributed by atoms with Crippen molar-refractivity contribution in [1.29, 1.82) is 0 Å². The molecule has 0 spiro atoms. The van der Waals surface area contributed by atoms with Gasteiger partial charge in [-0.2, -0.15) is 0 Å². The first-order valence-corrected chi connectivity index (χ1v) is 8.30. The zero-order valence-corrected chi connectivity index (χ0v) is 12.9. The minimum absolute atomic E-state index is 0.757. The smallest absolute Gasteiger partial charge is 0.0593 e. The van der Waals surface area contributed by atoms with E-state index in [4.69, 9.17) is 4.74 Å². The van der Waals surface area contributed by atoms with Crippen molar-refractivity contribution in [3.63, 3.8) is 0 Å². The molecule has 2 saturated heterocycles. The summed E-state index contributed by atoms with van der Waals surface area (Å²) in [7, 11) is 0. The SMILES string of the molecule is CC(C)CCOCCN1CCCC1C1CCCNC1. The lowest BCUT2D eigenvalue weighted by atomic mass is 9.90. The van der Waals surface area contributed by atoms with Gasteiger partial charge in [0.1, 0.15) is 0 Å². The molecule has 3 heteroatoms. The van der Waals surface area contributed by atoms with Crippen LogP contribution >= 0.6 is 0 Å². The lowest BCUT2D eigenvalue weighted by molar-refractivity contribution is 0.0786. The van der Waals surface area contributed by atoms with E-state index in [9.17, 15) is 0 Å². The summed E-state index contributed by atoms with van der Waals surface area (Å²) in [6.07, 6.45) is 6.75. The second-order valence-electron chi connectivity index (χ2n) is 6.65. The summed E-state index contributed by atoms with van der Waals surface area (Å²) in [6.45, 7) is 11.3. The van der Waals surface area contributed by atoms with Gasteiger partial charge in [0.15, 0.2) is 0 Å². The van der Waals surface area contributed by atoms with Crippen LogP contribution in [0.1, 0.15) is 46.0 Å². The van der Waals surface area contributed by atoms with Gasteiger partial charge in [-0.25, -0.2) is 0 Å². The van der Waals surface area contributed by atoms with Gasteiger partial charge in [0.05, 0.1) is 6.61 Å². The maximum atomic E-state index is 5.78. The van der Waals surface area contributed by atoms with E-state index in [2.05, 4.69) is 24.1 Å². The highest BCUT2D eigenvalue weighted by Gasteiger charge is 2.31. The number of nitrogens with zero attached hydrogens (tertiary/aromatic N) is 1. The van der Waals surface area contributed by atoms with Crippen molar-refractivity contribution in [2.24, 2.45) is 11.8 Å². The molecule has 0 aromatic rings. The van der Waals surface area contributed by atoms with Crippen LogP contribution in [-0.4, -0.2) is 50.3 Å². The molecule has 2 aliphatic heterocycles. The normalized spacial score (nSPS) is 29.2. The first kappa shape index (κ1) is 15.3. The van der Waals surface area contributed by atoms with Crippen LogP contribution in [0.15, 0.2) is 0 Å². The van der Waals surface area contributed by atoms with Crippen LogP contribution in [-0.2, 0) is 4.74 Å². The van der Waals surface area contributed by atoms with Crippen molar-refractivity contribution < 1.29 is 4.74 Å². The zero-order chi connectivity index (χ0) is 13.5. The van der Waals surface area contributed by atoms with Gasteiger partial charge in [-0.3, -0.25) is 4.90 Å². The Bertz CT molecular complexity index is 239. The van der Waals surface area contributed by atoms with Crippen molar-refractivity contribution in [1.82, 2.24) is 10.2 Å². The predicted octanol–water partition coefficient (Wildman–Crippen LogP) is 2.51. The molecular weight excluding hydrogens is 236 g/mol. The van der Waals surface area contributed by atoms with Crippen LogP contribution in [0.25, 0.3) is 0 Å². The fourth-order valence-electron chi connectivity index (χ4n) is 3.47. The van der Waals surface area contributed by atoms with E-state index in [1.807, 2.05) is 0 Å². The lowest BCUT2D eigenvalue weighted by Gasteiger charge is -2.34. The molecule has 0 saturated carbocycles. The Kier molecular flexibility index (Phi) is 6.62. The third kappa shape index (κ3) is 5.05. The fraction of sp³-hybridized carbons (Fsp3) is 1.00. The van der Waals surface area contributed by atoms with E-state index < -0.39 is 0 Å². The Hall–Kier alpha value is -0.120. The van der Waals surface area contributed by atoms with Crippen molar-refractivity contribution in [2.45, 2.75) is 52.0 Å². The third-order valence-corrected chi connectivity index (χ3v) is 4.66. The number of nitrogens with one attached hydrogen (secondary N) is 1. The monoisotopic (exact) mass is 268 g/mol. The van der Waals surface area contributed by atoms with Crippen LogP contribution in [0.5, 0.6) is 0 Å². The molecule has 0 aromatic heterocycles. The third-order valence-electron chi connectivity index (χ3n) is 4.66. The highest BCUT2D eigenvalue weighted by Crippen LogP contribution is 2.27. The summed E-state index contributed by atoms with van der Waals surface area (Å²) in [5.41, 5.74) is 0. The molecule has 2 aliphatic rings. The van der Waals surface area contributed by atoms with Crippen LogP contribution < -0.4 is 5.32 Å². The maximum absolute atomic E-state index is 5.78. The molecule has 0 amide bonds. The zero-order valence-electron chi connectivity index (χ0n) is 12.9. The number of rotatable bonds is 7. The van der Waals surface area contributed by atoms with Crippen molar-refractivity contribution >= 4 is 0 Å². The molecule has 1 N–H and O–H groups in total. The molecule has 0 radical (unpaired) electrons. The topological polar surface area (TPSA) is 24.5 Å². The number of hydrogen-bond acceptors (Lipinski definition) is 3. The number of likely N-dealkylation sites (tertiary alicyclic amines) is 1. The molecule has 2 atom stereocenters. The summed E-state index contributed by atoms with van der Waals surface area (Å²) >= 11 is 0. The average Bonchev–Trinajstić information content (AvgIpc) is 2.87. The minimum atomic E-state index is 0.757. The van der Waals surface area contributed by atoms with Crippen molar-refractivity contribution in [2.75, 3.05) is 39.4 Å². The summed E-state index contributed by atoms with van der Waals surface area (Å²) < 4.78 is 5.78.